The van der Waals surface area contributed by atoms with Gasteiger partial charge in [0.2, 0.25) is 5.91 Å². The van der Waals surface area contributed by atoms with Crippen molar-refractivity contribution in [3.63, 3.8) is 0 Å². The SMILES string of the molecule is O=C(O)[C@@H]1C2CCC(CC2)[C@@H]1C(=O)Nc1sc2c(c1C(=O)N1CCOCC1)CCCC2. The van der Waals surface area contributed by atoms with Crippen LogP contribution in [0.3, 0.4) is 0 Å². The van der Waals surface area contributed by atoms with E-state index in [-0.39, 0.29) is 23.7 Å². The molecule has 2 heterocycles. The third-order valence-corrected chi connectivity index (χ3v) is 8.93. The lowest BCUT2D eigenvalue weighted by atomic mass is 9.58. The number of aryl methyl sites for hydroxylation is 1. The highest BCUT2D eigenvalue weighted by Crippen LogP contribution is 2.50. The molecule has 8 heteroatoms. The smallest absolute Gasteiger partial charge is 0.307 e. The van der Waals surface area contributed by atoms with Gasteiger partial charge in [-0.05, 0) is 68.8 Å². The molecule has 2 bridgehead atoms. The number of hydrogen-bond acceptors (Lipinski definition) is 5. The molecule has 2 atom stereocenters. The Kier molecular flexibility index (Phi) is 5.77. The van der Waals surface area contributed by atoms with Crippen molar-refractivity contribution in [2.75, 3.05) is 31.6 Å². The van der Waals surface area contributed by atoms with Crippen LogP contribution in [0.15, 0.2) is 0 Å². The molecule has 1 aromatic rings. The van der Waals surface area contributed by atoms with Crippen LogP contribution < -0.4 is 5.32 Å². The summed E-state index contributed by atoms with van der Waals surface area (Å²) in [5, 5.41) is 13.5. The van der Waals surface area contributed by atoms with E-state index in [0.717, 1.165) is 56.9 Å². The van der Waals surface area contributed by atoms with Gasteiger partial charge >= 0.3 is 5.97 Å². The molecule has 5 aliphatic rings. The Bertz CT molecular complexity index is 883. The number of amides is 2. The number of ether oxygens (including phenoxy) is 1. The lowest BCUT2D eigenvalue weighted by molar-refractivity contribution is -0.156. The van der Waals surface area contributed by atoms with Gasteiger partial charge in [0, 0.05) is 18.0 Å². The molecule has 0 radical (unpaired) electrons. The molecular formula is C23H30N2O5S. The molecule has 31 heavy (non-hydrogen) atoms. The Morgan fingerprint density at radius 3 is 2.29 bits per heavy atom. The van der Waals surface area contributed by atoms with Crippen LogP contribution >= 0.6 is 11.3 Å². The molecule has 1 aliphatic heterocycles. The Balaban J connectivity index is 1.44. The van der Waals surface area contributed by atoms with Gasteiger partial charge < -0.3 is 20.1 Å². The minimum Gasteiger partial charge on any atom is -0.481 e. The number of fused-ring (bicyclic) bond motifs is 4. The summed E-state index contributed by atoms with van der Waals surface area (Å²) in [5.41, 5.74) is 1.73. The zero-order valence-electron chi connectivity index (χ0n) is 17.7. The molecule has 4 fully saturated rings. The van der Waals surface area contributed by atoms with Crippen molar-refractivity contribution in [1.29, 1.82) is 0 Å². The molecule has 1 aromatic heterocycles. The highest BCUT2D eigenvalue weighted by Gasteiger charge is 2.50. The topological polar surface area (TPSA) is 95.9 Å². The summed E-state index contributed by atoms with van der Waals surface area (Å²) in [5.74, 6) is -2.00. The largest absolute Gasteiger partial charge is 0.481 e. The van der Waals surface area contributed by atoms with Gasteiger partial charge in [-0.25, -0.2) is 0 Å². The van der Waals surface area contributed by atoms with Gasteiger partial charge in [-0.3, -0.25) is 14.4 Å². The predicted octanol–water partition coefficient (Wildman–Crippen LogP) is 3.17. The van der Waals surface area contributed by atoms with Gasteiger partial charge in [-0.2, -0.15) is 0 Å². The van der Waals surface area contributed by atoms with Crippen molar-refractivity contribution in [3.05, 3.63) is 16.0 Å². The third kappa shape index (κ3) is 3.78. The van der Waals surface area contributed by atoms with Crippen molar-refractivity contribution in [3.8, 4) is 0 Å². The summed E-state index contributed by atoms with van der Waals surface area (Å²) in [7, 11) is 0. The standard InChI is InChI=1S/C23H30N2O5S/c26-20(17-13-5-7-14(8-6-13)18(17)23(28)29)24-21-19(15-3-1-2-4-16(15)31-21)22(27)25-9-11-30-12-10-25/h13-14,17-18H,1-12H2,(H,24,26)(H,28,29)/t13?,14?,17-,18+/m0/s1. The summed E-state index contributed by atoms with van der Waals surface area (Å²) >= 11 is 1.52. The number of carbonyl (C=O) groups excluding carboxylic acids is 2. The van der Waals surface area contributed by atoms with Gasteiger partial charge in [0.05, 0.1) is 30.6 Å². The molecule has 0 aromatic carbocycles. The first-order valence-electron chi connectivity index (χ1n) is 11.6. The van der Waals surface area contributed by atoms with E-state index in [1.54, 1.807) is 0 Å². The summed E-state index contributed by atoms with van der Waals surface area (Å²) in [6.45, 7) is 2.19. The number of carbonyl (C=O) groups is 3. The van der Waals surface area contributed by atoms with E-state index in [9.17, 15) is 19.5 Å². The maximum absolute atomic E-state index is 13.4. The fourth-order valence-corrected chi connectivity index (χ4v) is 7.47. The van der Waals surface area contributed by atoms with Crippen LogP contribution in [0.2, 0.25) is 0 Å². The number of morpholine rings is 1. The second kappa shape index (κ2) is 8.54. The minimum atomic E-state index is -0.857. The Labute approximate surface area is 186 Å². The van der Waals surface area contributed by atoms with Crippen molar-refractivity contribution < 1.29 is 24.2 Å². The first-order valence-corrected chi connectivity index (χ1v) is 12.4. The van der Waals surface area contributed by atoms with E-state index in [4.69, 9.17) is 4.74 Å². The van der Waals surface area contributed by atoms with Crippen LogP contribution in [0.4, 0.5) is 5.00 Å². The monoisotopic (exact) mass is 446 g/mol. The molecule has 168 valence electrons. The van der Waals surface area contributed by atoms with E-state index in [2.05, 4.69) is 5.32 Å². The fraction of sp³-hybridized carbons (Fsp3) is 0.696. The average Bonchev–Trinajstić information content (AvgIpc) is 3.16. The lowest BCUT2D eigenvalue weighted by Gasteiger charge is -2.45. The Hall–Kier alpha value is -1.93. The molecule has 2 N–H and O–H groups in total. The predicted molar refractivity (Wildman–Crippen MR) is 116 cm³/mol. The number of anilines is 1. The van der Waals surface area contributed by atoms with Crippen LogP contribution in [0, 0.1) is 23.7 Å². The second-order valence-electron chi connectivity index (χ2n) is 9.37. The van der Waals surface area contributed by atoms with Crippen LogP contribution in [-0.4, -0.2) is 54.1 Å². The number of rotatable bonds is 4. The maximum Gasteiger partial charge on any atom is 0.307 e. The average molecular weight is 447 g/mol. The minimum absolute atomic E-state index is 0.0297. The molecule has 2 amide bonds. The first kappa shape index (κ1) is 20.9. The molecule has 0 spiro atoms. The number of carboxylic acids is 1. The molecule has 3 saturated carbocycles. The van der Waals surface area contributed by atoms with E-state index < -0.39 is 17.8 Å². The van der Waals surface area contributed by atoms with E-state index in [0.29, 0.717) is 36.9 Å². The molecule has 4 aliphatic carbocycles. The molecular weight excluding hydrogens is 416 g/mol. The molecule has 0 unspecified atom stereocenters. The molecule has 7 nitrogen and oxygen atoms in total. The van der Waals surface area contributed by atoms with Crippen molar-refractivity contribution in [2.45, 2.75) is 51.4 Å². The third-order valence-electron chi connectivity index (χ3n) is 7.73. The highest BCUT2D eigenvalue weighted by molar-refractivity contribution is 7.17. The van der Waals surface area contributed by atoms with Crippen molar-refractivity contribution in [1.82, 2.24) is 4.90 Å². The highest BCUT2D eigenvalue weighted by atomic mass is 32.1. The number of nitrogens with zero attached hydrogens (tertiary/aromatic N) is 1. The molecule has 6 rings (SSSR count). The second-order valence-corrected chi connectivity index (χ2v) is 10.5. The fourth-order valence-electron chi connectivity index (χ4n) is 6.18. The van der Waals surface area contributed by atoms with Gasteiger partial charge in [-0.1, -0.05) is 0 Å². The summed E-state index contributed by atoms with van der Waals surface area (Å²) in [4.78, 5) is 41.9. The van der Waals surface area contributed by atoms with Crippen LogP contribution in [0.25, 0.3) is 0 Å². The van der Waals surface area contributed by atoms with E-state index >= 15 is 0 Å². The summed E-state index contributed by atoms with van der Waals surface area (Å²) in [6, 6.07) is 0. The lowest BCUT2D eigenvalue weighted by Crippen LogP contribution is -2.49. The Morgan fingerprint density at radius 2 is 1.61 bits per heavy atom. The number of hydrogen-bond donors (Lipinski definition) is 2. The van der Waals surface area contributed by atoms with Crippen LogP contribution in [0.1, 0.15) is 59.3 Å². The van der Waals surface area contributed by atoms with Crippen LogP contribution in [0.5, 0.6) is 0 Å². The zero-order valence-corrected chi connectivity index (χ0v) is 18.5. The van der Waals surface area contributed by atoms with Crippen molar-refractivity contribution in [2.24, 2.45) is 23.7 Å². The van der Waals surface area contributed by atoms with Gasteiger partial charge in [0.1, 0.15) is 5.00 Å². The summed E-state index contributed by atoms with van der Waals surface area (Å²) < 4.78 is 5.40. The normalized spacial score (nSPS) is 30.0. The zero-order chi connectivity index (χ0) is 21.5. The number of thiophene rings is 1. The quantitative estimate of drug-likeness (QED) is 0.741. The number of carboxylic acid groups (broad SMARTS) is 1. The summed E-state index contributed by atoms with van der Waals surface area (Å²) in [6.07, 6.45) is 7.59. The number of nitrogens with one attached hydrogen (secondary N) is 1. The Morgan fingerprint density at radius 1 is 0.968 bits per heavy atom. The molecule has 1 saturated heterocycles. The van der Waals surface area contributed by atoms with E-state index in [1.165, 1.54) is 16.2 Å². The van der Waals surface area contributed by atoms with Gasteiger partial charge in [-0.15, -0.1) is 11.3 Å². The van der Waals surface area contributed by atoms with Gasteiger partial charge in [0.15, 0.2) is 0 Å². The van der Waals surface area contributed by atoms with Gasteiger partial charge in [0.25, 0.3) is 5.91 Å². The number of aliphatic carboxylic acids is 1. The van der Waals surface area contributed by atoms with E-state index in [1.807, 2.05) is 4.90 Å². The first-order chi connectivity index (χ1) is 15.0. The van der Waals surface area contributed by atoms with Crippen LogP contribution in [-0.2, 0) is 27.2 Å². The van der Waals surface area contributed by atoms with Crippen molar-refractivity contribution >= 4 is 34.1 Å². The maximum atomic E-state index is 13.4.